The molecule has 0 radical (unpaired) electrons. The van der Waals surface area contributed by atoms with Crippen LogP contribution in [0.25, 0.3) is 0 Å². The van der Waals surface area contributed by atoms with Crippen molar-refractivity contribution in [3.8, 4) is 0 Å². The molecule has 1 saturated heterocycles. The average Bonchev–Trinajstić information content (AvgIpc) is 2.66. The van der Waals surface area contributed by atoms with Crippen LogP contribution in [0.3, 0.4) is 0 Å². The predicted octanol–water partition coefficient (Wildman–Crippen LogP) is 1.71. The van der Waals surface area contributed by atoms with E-state index in [1.165, 1.54) is 11.1 Å². The number of carbonyl (C=O) groups excluding carboxylic acids is 1. The highest BCUT2D eigenvalue weighted by Crippen LogP contribution is 2.38. The fourth-order valence-corrected chi connectivity index (χ4v) is 3.56. The maximum absolute atomic E-state index is 13.5. The van der Waals surface area contributed by atoms with Gasteiger partial charge in [0, 0.05) is 44.3 Å². The number of nitrogens with two attached hydrogens (primary N) is 1. The number of anilines is 1. The second-order valence-electron chi connectivity index (χ2n) is 6.24. The smallest absolute Gasteiger partial charge is 0.367 e. The van der Waals surface area contributed by atoms with Crippen molar-refractivity contribution in [2.24, 2.45) is 5.14 Å². The van der Waals surface area contributed by atoms with Crippen LogP contribution in [0.5, 0.6) is 0 Å². The van der Waals surface area contributed by atoms with Gasteiger partial charge in [0.15, 0.2) is 0 Å². The van der Waals surface area contributed by atoms with Crippen molar-refractivity contribution in [3.05, 3.63) is 53.9 Å². The predicted molar refractivity (Wildman–Crippen MR) is 95.2 cm³/mol. The number of nitrogens with zero attached hydrogens (tertiary/aromatic N) is 3. The summed E-state index contributed by atoms with van der Waals surface area (Å²) in [6.07, 6.45) is -1.78. The standard InChI is InChI=1S/C17H17F3N4O3S/c18-17(19,20)14-10-13(28(21,26)27)3-4-15(14)23-6-8-24(9-7-23)16(25)12-2-1-5-22-11-12/h1-5,10-11H,6-9H2,(H2,21,26,27). The molecule has 1 fully saturated rings. The van der Waals surface area contributed by atoms with Gasteiger partial charge in [0.2, 0.25) is 10.0 Å². The first-order valence-electron chi connectivity index (χ1n) is 8.25. The molecule has 1 amide bonds. The van der Waals surface area contributed by atoms with E-state index < -0.39 is 26.7 Å². The summed E-state index contributed by atoms with van der Waals surface area (Å²) in [4.78, 5) is 18.7. The van der Waals surface area contributed by atoms with E-state index in [-0.39, 0.29) is 37.8 Å². The highest BCUT2D eigenvalue weighted by Gasteiger charge is 2.37. The molecule has 2 heterocycles. The first-order valence-corrected chi connectivity index (χ1v) is 9.80. The van der Waals surface area contributed by atoms with Crippen molar-refractivity contribution < 1.29 is 26.4 Å². The number of amides is 1. The van der Waals surface area contributed by atoms with Gasteiger partial charge in [-0.3, -0.25) is 9.78 Å². The van der Waals surface area contributed by atoms with Crippen LogP contribution < -0.4 is 10.0 Å². The fraction of sp³-hybridized carbons (Fsp3) is 0.294. The lowest BCUT2D eigenvalue weighted by molar-refractivity contribution is -0.137. The lowest BCUT2D eigenvalue weighted by Gasteiger charge is -2.37. The van der Waals surface area contributed by atoms with Crippen LogP contribution in [0.15, 0.2) is 47.6 Å². The molecule has 0 aliphatic carbocycles. The highest BCUT2D eigenvalue weighted by atomic mass is 32.2. The zero-order valence-corrected chi connectivity index (χ0v) is 15.4. The van der Waals surface area contributed by atoms with Gasteiger partial charge in [0.25, 0.3) is 5.91 Å². The molecular weight excluding hydrogens is 397 g/mol. The van der Waals surface area contributed by atoms with Gasteiger partial charge in [-0.05, 0) is 30.3 Å². The Bertz CT molecular complexity index is 973. The molecule has 0 spiro atoms. The molecule has 3 rings (SSSR count). The van der Waals surface area contributed by atoms with E-state index in [1.807, 2.05) is 0 Å². The number of piperazine rings is 1. The summed E-state index contributed by atoms with van der Waals surface area (Å²) in [5, 5.41) is 4.95. The Morgan fingerprint density at radius 3 is 2.32 bits per heavy atom. The third-order valence-corrected chi connectivity index (χ3v) is 5.33. The van der Waals surface area contributed by atoms with Gasteiger partial charge in [-0.2, -0.15) is 13.2 Å². The monoisotopic (exact) mass is 414 g/mol. The molecule has 2 aromatic rings. The summed E-state index contributed by atoms with van der Waals surface area (Å²) < 4.78 is 63.2. The summed E-state index contributed by atoms with van der Waals surface area (Å²) >= 11 is 0. The molecule has 7 nitrogen and oxygen atoms in total. The van der Waals surface area contributed by atoms with E-state index >= 15 is 0 Å². The number of hydrogen-bond donors (Lipinski definition) is 1. The molecule has 2 N–H and O–H groups in total. The second kappa shape index (κ2) is 7.40. The van der Waals surface area contributed by atoms with Crippen LogP contribution in [0, 0.1) is 0 Å². The van der Waals surface area contributed by atoms with Gasteiger partial charge in [0.1, 0.15) is 0 Å². The normalized spacial score (nSPS) is 15.6. The van der Waals surface area contributed by atoms with Crippen LogP contribution in [-0.4, -0.2) is 50.4 Å². The zero-order chi connectivity index (χ0) is 20.5. The number of primary sulfonamides is 1. The Labute approximate surface area is 159 Å². The van der Waals surface area contributed by atoms with Crippen LogP contribution in [-0.2, 0) is 16.2 Å². The molecule has 1 aromatic carbocycles. The van der Waals surface area contributed by atoms with E-state index in [0.717, 1.165) is 12.1 Å². The number of halogens is 3. The molecule has 0 bridgehead atoms. The SMILES string of the molecule is NS(=O)(=O)c1ccc(N2CCN(C(=O)c3cccnc3)CC2)c(C(F)(F)F)c1. The largest absolute Gasteiger partial charge is 0.418 e. The Hall–Kier alpha value is -2.66. The van der Waals surface area contributed by atoms with Crippen LogP contribution in [0.4, 0.5) is 18.9 Å². The Kier molecular flexibility index (Phi) is 5.31. The molecular formula is C17H17F3N4O3S. The molecule has 11 heteroatoms. The maximum Gasteiger partial charge on any atom is 0.418 e. The Balaban J connectivity index is 1.81. The van der Waals surface area contributed by atoms with E-state index in [1.54, 1.807) is 23.2 Å². The highest BCUT2D eigenvalue weighted by molar-refractivity contribution is 7.89. The first-order chi connectivity index (χ1) is 13.1. The van der Waals surface area contributed by atoms with Gasteiger partial charge in [-0.15, -0.1) is 0 Å². The van der Waals surface area contributed by atoms with Gasteiger partial charge < -0.3 is 9.80 Å². The molecule has 0 saturated carbocycles. The summed E-state index contributed by atoms with van der Waals surface area (Å²) in [6.45, 7) is 0.789. The lowest BCUT2D eigenvalue weighted by atomic mass is 10.1. The quantitative estimate of drug-likeness (QED) is 0.825. The first kappa shape index (κ1) is 20.1. The van der Waals surface area contributed by atoms with Crippen molar-refractivity contribution in [1.82, 2.24) is 9.88 Å². The number of carbonyl (C=O) groups is 1. The molecule has 0 unspecified atom stereocenters. The topological polar surface area (TPSA) is 96.6 Å². The number of pyridine rings is 1. The van der Waals surface area contributed by atoms with Crippen molar-refractivity contribution in [1.29, 1.82) is 0 Å². The second-order valence-corrected chi connectivity index (χ2v) is 7.80. The molecule has 1 aromatic heterocycles. The average molecular weight is 414 g/mol. The lowest BCUT2D eigenvalue weighted by Crippen LogP contribution is -2.49. The number of alkyl halides is 3. The van der Waals surface area contributed by atoms with E-state index in [2.05, 4.69) is 4.98 Å². The van der Waals surface area contributed by atoms with Crippen molar-refractivity contribution in [2.75, 3.05) is 31.1 Å². The molecule has 150 valence electrons. The van der Waals surface area contributed by atoms with E-state index in [9.17, 15) is 26.4 Å². The van der Waals surface area contributed by atoms with E-state index in [4.69, 9.17) is 5.14 Å². The third-order valence-electron chi connectivity index (χ3n) is 4.42. The van der Waals surface area contributed by atoms with Gasteiger partial charge in [0.05, 0.1) is 16.0 Å². The third kappa shape index (κ3) is 4.25. The number of hydrogen-bond acceptors (Lipinski definition) is 5. The Morgan fingerprint density at radius 1 is 1.11 bits per heavy atom. The summed E-state index contributed by atoms with van der Waals surface area (Å²) in [6, 6.07) is 5.94. The summed E-state index contributed by atoms with van der Waals surface area (Å²) in [5.74, 6) is -0.242. The summed E-state index contributed by atoms with van der Waals surface area (Å²) in [7, 11) is -4.26. The van der Waals surface area contributed by atoms with Crippen LogP contribution >= 0.6 is 0 Å². The number of benzene rings is 1. The van der Waals surface area contributed by atoms with Crippen molar-refractivity contribution in [2.45, 2.75) is 11.1 Å². The minimum atomic E-state index is -4.75. The van der Waals surface area contributed by atoms with Gasteiger partial charge in [-0.1, -0.05) is 0 Å². The molecule has 0 atom stereocenters. The van der Waals surface area contributed by atoms with Gasteiger partial charge in [-0.25, -0.2) is 13.6 Å². The van der Waals surface area contributed by atoms with E-state index in [0.29, 0.717) is 11.6 Å². The minimum absolute atomic E-state index is 0.145. The number of rotatable bonds is 3. The van der Waals surface area contributed by atoms with Crippen molar-refractivity contribution in [3.63, 3.8) is 0 Å². The number of aromatic nitrogens is 1. The van der Waals surface area contributed by atoms with Crippen LogP contribution in [0.1, 0.15) is 15.9 Å². The fourth-order valence-electron chi connectivity index (χ4n) is 3.02. The summed E-state index contributed by atoms with van der Waals surface area (Å²) in [5.41, 5.74) is -0.816. The Morgan fingerprint density at radius 2 is 1.79 bits per heavy atom. The molecule has 1 aliphatic rings. The van der Waals surface area contributed by atoms with Gasteiger partial charge >= 0.3 is 6.18 Å². The zero-order valence-electron chi connectivity index (χ0n) is 14.6. The molecule has 1 aliphatic heterocycles. The molecule has 28 heavy (non-hydrogen) atoms. The minimum Gasteiger partial charge on any atom is -0.367 e. The number of sulfonamides is 1. The van der Waals surface area contributed by atoms with Crippen LogP contribution in [0.2, 0.25) is 0 Å². The maximum atomic E-state index is 13.5. The van der Waals surface area contributed by atoms with Crippen molar-refractivity contribution >= 4 is 21.6 Å².